The van der Waals surface area contributed by atoms with E-state index in [1.54, 1.807) is 23.1 Å². The number of aliphatic carboxylic acids is 2. The summed E-state index contributed by atoms with van der Waals surface area (Å²) in [5.41, 5.74) is 11.1. The number of hydrogen-bond acceptors (Lipinski definition) is 15. The number of β-lactam (4-membered cyclic amide) rings is 1. The van der Waals surface area contributed by atoms with E-state index in [4.69, 9.17) is 16.3 Å². The maximum absolute atomic E-state index is 13.6. The van der Waals surface area contributed by atoms with Crippen LogP contribution in [0.3, 0.4) is 0 Å². The average molecular weight is 829 g/mol. The molecule has 11 N–H and O–H groups in total. The first-order valence-electron chi connectivity index (χ1n) is 17.6. The number of amides is 3. The minimum atomic E-state index is -1.78. The molecule has 0 aliphatic carbocycles. The number of anilines is 2. The largest absolute Gasteiger partial charge is 0.504 e. The number of carboxylic acid groups (broad SMARTS) is 2. The fourth-order valence-electron chi connectivity index (χ4n) is 5.25. The maximum atomic E-state index is 13.6. The van der Waals surface area contributed by atoms with Gasteiger partial charge in [0.15, 0.2) is 17.2 Å². The van der Waals surface area contributed by atoms with E-state index >= 15 is 0 Å². The van der Waals surface area contributed by atoms with Crippen LogP contribution in [-0.2, 0) is 30.6 Å². The van der Waals surface area contributed by atoms with Gasteiger partial charge < -0.3 is 52.7 Å². The first-order valence-corrected chi connectivity index (χ1v) is 19.6. The van der Waals surface area contributed by atoms with Gasteiger partial charge >= 0.3 is 11.9 Å². The summed E-state index contributed by atoms with van der Waals surface area (Å²) in [5.74, 6) is -4.97. The van der Waals surface area contributed by atoms with Gasteiger partial charge in [-0.25, -0.2) is 14.2 Å². The Balaban J connectivity index is 1.43. The van der Waals surface area contributed by atoms with Crippen LogP contribution >= 0.6 is 23.5 Å². The van der Waals surface area contributed by atoms with Gasteiger partial charge in [0.25, 0.3) is 29.9 Å². The summed E-state index contributed by atoms with van der Waals surface area (Å²) in [6.07, 6.45) is 6.98. The highest BCUT2D eigenvalue weighted by molar-refractivity contribution is 8.05. The van der Waals surface area contributed by atoms with Crippen LogP contribution in [0.1, 0.15) is 57.3 Å². The SMILES string of the molecule is CCC/C=C(\N)S/C=C(C)/C(=N/OC(C)(C)C(=O)O)C(=O)N[C@@H]1C(=O)N2C(C(=O)O)=C(C[n+]3cnc(N)c(NCCCNC(=O)c4ccc(O)c(O)c4)c3)CSC12. The molecule has 3 amide bonds. The van der Waals surface area contributed by atoms with E-state index in [1.165, 1.54) is 44.1 Å². The Bertz CT molecular complexity index is 2040. The Hall–Kier alpha value is -5.96. The minimum absolute atomic E-state index is 0.0463. The van der Waals surface area contributed by atoms with Crippen molar-refractivity contribution >= 4 is 70.4 Å². The van der Waals surface area contributed by atoms with Gasteiger partial charge in [-0.1, -0.05) is 36.3 Å². The second kappa shape index (κ2) is 19.3. The van der Waals surface area contributed by atoms with Crippen LogP contribution in [0, 0.1) is 0 Å². The predicted octanol–water partition coefficient (Wildman–Crippen LogP) is 1.81. The molecule has 1 fully saturated rings. The normalized spacial score (nSPS) is 17.4. The number of benzene rings is 1. The van der Waals surface area contributed by atoms with Crippen molar-refractivity contribution < 1.29 is 53.8 Å². The zero-order valence-corrected chi connectivity index (χ0v) is 33.3. The van der Waals surface area contributed by atoms with E-state index in [2.05, 4.69) is 26.1 Å². The molecule has 57 heavy (non-hydrogen) atoms. The maximum Gasteiger partial charge on any atom is 0.352 e. The number of rotatable bonds is 19. The summed E-state index contributed by atoms with van der Waals surface area (Å²) in [4.78, 5) is 74.2. The number of nitrogen functional groups attached to an aromatic ring is 1. The Labute approximate surface area is 336 Å². The summed E-state index contributed by atoms with van der Waals surface area (Å²) in [5, 5.41) is 52.4. The van der Waals surface area contributed by atoms with Gasteiger partial charge in [-0.2, -0.15) is 0 Å². The quantitative estimate of drug-likeness (QED) is 0.0244. The van der Waals surface area contributed by atoms with Gasteiger partial charge in [0, 0.05) is 30.0 Å². The standard InChI is InChI=1S/C36H45N9O10S2/c1-5-6-8-25(37)56-16-19(2)26(43-55-36(3,4)35(53)54)31(49)42-27-32(50)45-28(34(51)52)21(17-57-33(27)45)14-44-15-22(29(38)41-18-44)39-11-7-12-40-30(48)20-9-10-23(46)24(47)13-20/h8-10,13,15-16,18,27,33,38-39H,5-7,11-12,14,17,37H2,1-4H3,(H6,40,42,43,46,47,48,49,51,52,53,54)/p+1/b19-16+,25-8+/t27-,33?/m1/s1. The molecular weight excluding hydrogens is 783 g/mol. The molecule has 306 valence electrons. The summed E-state index contributed by atoms with van der Waals surface area (Å²) in [7, 11) is 0. The van der Waals surface area contributed by atoms with Crippen molar-refractivity contribution in [1.82, 2.24) is 20.5 Å². The second-order valence-corrected chi connectivity index (χ2v) is 15.4. The van der Waals surface area contributed by atoms with Crippen LogP contribution in [-0.4, -0.2) is 102 Å². The molecule has 3 heterocycles. The molecule has 0 radical (unpaired) electrons. The molecule has 2 atom stereocenters. The minimum Gasteiger partial charge on any atom is -0.504 e. The van der Waals surface area contributed by atoms with Crippen LogP contribution in [0.5, 0.6) is 11.5 Å². The Kier molecular flexibility index (Phi) is 14.8. The second-order valence-electron chi connectivity index (χ2n) is 13.4. The third-order valence-electron chi connectivity index (χ3n) is 8.49. The first-order chi connectivity index (χ1) is 26.9. The van der Waals surface area contributed by atoms with Crippen molar-refractivity contribution in [2.45, 2.75) is 70.5 Å². The number of carbonyl (C=O) groups is 5. The van der Waals surface area contributed by atoms with Gasteiger partial charge in [0.1, 0.15) is 35.5 Å². The smallest absolute Gasteiger partial charge is 0.352 e. The van der Waals surface area contributed by atoms with Crippen LogP contribution in [0.2, 0.25) is 0 Å². The molecule has 21 heteroatoms. The number of nitrogens with zero attached hydrogens (tertiary/aromatic N) is 4. The van der Waals surface area contributed by atoms with Crippen molar-refractivity contribution in [2.75, 3.05) is 29.9 Å². The van der Waals surface area contributed by atoms with Gasteiger partial charge in [0.2, 0.25) is 5.60 Å². The number of aromatic hydroxyl groups is 2. The third kappa shape index (κ3) is 11.1. The van der Waals surface area contributed by atoms with Crippen LogP contribution in [0.15, 0.2) is 69.2 Å². The topological polar surface area (TPSA) is 296 Å². The summed E-state index contributed by atoms with van der Waals surface area (Å²) in [6.45, 7) is 6.76. The lowest BCUT2D eigenvalue weighted by molar-refractivity contribution is -0.691. The van der Waals surface area contributed by atoms with Crippen molar-refractivity contribution in [3.63, 3.8) is 0 Å². The van der Waals surface area contributed by atoms with Crippen molar-refractivity contribution in [2.24, 2.45) is 10.9 Å². The average Bonchev–Trinajstić information content (AvgIpc) is 3.16. The number of aromatic nitrogens is 2. The van der Waals surface area contributed by atoms with Crippen LogP contribution < -0.4 is 32.0 Å². The zero-order chi connectivity index (χ0) is 42.0. The van der Waals surface area contributed by atoms with Crippen LogP contribution in [0.25, 0.3) is 0 Å². The molecule has 4 rings (SSSR count). The molecule has 0 spiro atoms. The number of phenols is 2. The Morgan fingerprint density at radius 2 is 1.93 bits per heavy atom. The predicted molar refractivity (Wildman–Crippen MR) is 213 cm³/mol. The highest BCUT2D eigenvalue weighted by Crippen LogP contribution is 2.40. The number of carbonyl (C=O) groups excluding carboxylic acids is 3. The molecule has 2 aliphatic heterocycles. The molecule has 1 unspecified atom stereocenters. The number of phenolic OH excluding ortho intramolecular Hbond substituents is 2. The highest BCUT2D eigenvalue weighted by atomic mass is 32.2. The van der Waals surface area contributed by atoms with Crippen LogP contribution in [0.4, 0.5) is 11.5 Å². The van der Waals surface area contributed by atoms with Gasteiger partial charge in [-0.05, 0) is 67.8 Å². The number of fused-ring (bicyclic) bond motifs is 1. The number of unbranched alkanes of at least 4 members (excludes halogenated alkanes) is 1. The number of allylic oxidation sites excluding steroid dienone is 1. The third-order valence-corrected chi connectivity index (χ3v) is 10.7. The lowest BCUT2D eigenvalue weighted by Crippen LogP contribution is -2.71. The summed E-state index contributed by atoms with van der Waals surface area (Å²) in [6, 6.07) is 2.63. The molecular formula is C36H46N9O10S2+. The molecule has 1 aromatic heterocycles. The van der Waals surface area contributed by atoms with Crippen molar-refractivity contribution in [3.05, 3.63) is 69.6 Å². The molecule has 1 saturated heterocycles. The lowest BCUT2D eigenvalue weighted by Gasteiger charge is -2.49. The van der Waals surface area contributed by atoms with Gasteiger partial charge in [0.05, 0.1) is 5.03 Å². The monoisotopic (exact) mass is 828 g/mol. The number of oxime groups is 1. The summed E-state index contributed by atoms with van der Waals surface area (Å²) < 4.78 is 1.61. The molecule has 2 aromatic rings. The van der Waals surface area contributed by atoms with E-state index in [1.807, 2.05) is 13.0 Å². The van der Waals surface area contributed by atoms with E-state index in [0.717, 1.165) is 35.6 Å². The van der Waals surface area contributed by atoms with Gasteiger partial charge in [-0.3, -0.25) is 19.3 Å². The zero-order valence-electron chi connectivity index (χ0n) is 31.6. The lowest BCUT2D eigenvalue weighted by atomic mass is 10.0. The van der Waals surface area contributed by atoms with Crippen molar-refractivity contribution in [1.29, 1.82) is 0 Å². The molecule has 0 bridgehead atoms. The first kappa shape index (κ1) is 43.8. The summed E-state index contributed by atoms with van der Waals surface area (Å²) >= 11 is 2.38. The van der Waals surface area contributed by atoms with Gasteiger partial charge in [-0.15, -0.1) is 11.8 Å². The Morgan fingerprint density at radius 1 is 1.19 bits per heavy atom. The number of thioether (sulfide) groups is 2. The highest BCUT2D eigenvalue weighted by Gasteiger charge is 2.54. The Morgan fingerprint density at radius 3 is 2.60 bits per heavy atom. The molecule has 19 nitrogen and oxygen atoms in total. The number of nitrogens with one attached hydrogen (secondary N) is 3. The number of hydrogen-bond donors (Lipinski definition) is 9. The van der Waals surface area contributed by atoms with E-state index < -0.39 is 52.4 Å². The fraction of sp³-hybridized carbons (Fsp3) is 0.389. The fourth-order valence-corrected chi connectivity index (χ4v) is 7.22. The van der Waals surface area contributed by atoms with E-state index in [-0.39, 0.29) is 53.0 Å². The van der Waals surface area contributed by atoms with Crippen molar-refractivity contribution in [3.8, 4) is 11.5 Å². The molecule has 2 aliphatic rings. The van der Waals surface area contributed by atoms with E-state index in [0.29, 0.717) is 29.3 Å². The number of nitrogens with two attached hydrogens (primary N) is 2. The number of carboxylic acids is 2. The molecule has 0 saturated carbocycles. The molecule has 1 aromatic carbocycles. The van der Waals surface area contributed by atoms with E-state index in [9.17, 15) is 44.4 Å².